The van der Waals surface area contributed by atoms with E-state index in [0.717, 1.165) is 0 Å². The summed E-state index contributed by atoms with van der Waals surface area (Å²) >= 11 is 11.9. The number of benzene rings is 1. The number of halogens is 2. The number of nitrogens with zero attached hydrogens (tertiary/aromatic N) is 4. The van der Waals surface area contributed by atoms with Crippen molar-refractivity contribution in [2.75, 3.05) is 11.9 Å². The number of nitrogens with one attached hydrogen (secondary N) is 3. The maximum absolute atomic E-state index is 12.2. The number of carbonyl (C=O) groups excluding carboxylic acids is 1. The van der Waals surface area contributed by atoms with Gasteiger partial charge in [-0.3, -0.25) is 15.2 Å². The van der Waals surface area contributed by atoms with Crippen molar-refractivity contribution < 1.29 is 9.32 Å². The second-order valence-electron chi connectivity index (χ2n) is 6.07. The third-order valence-corrected chi connectivity index (χ3v) is 4.24. The number of aromatic amines is 1. The minimum atomic E-state index is -0.319. The zero-order valence-electron chi connectivity index (χ0n) is 14.5. The molecular weight excluding hydrogens is 393 g/mol. The van der Waals surface area contributed by atoms with Gasteiger partial charge in [-0.1, -0.05) is 42.2 Å². The molecule has 0 spiro atoms. The maximum atomic E-state index is 12.2. The van der Waals surface area contributed by atoms with Crippen LogP contribution in [-0.2, 0) is 4.79 Å². The molecule has 3 aromatic rings. The highest BCUT2D eigenvalue weighted by molar-refractivity contribution is 6.36. The first-order chi connectivity index (χ1) is 12.9. The molecule has 1 amide bonds. The van der Waals surface area contributed by atoms with Crippen LogP contribution in [0.15, 0.2) is 29.0 Å². The number of hydrogen-bond acceptors (Lipinski definition) is 7. The van der Waals surface area contributed by atoms with Crippen molar-refractivity contribution in [3.63, 3.8) is 0 Å². The van der Waals surface area contributed by atoms with Crippen LogP contribution in [-0.4, -0.2) is 37.8 Å². The molecule has 3 rings (SSSR count). The van der Waals surface area contributed by atoms with Crippen LogP contribution in [0.25, 0.3) is 11.6 Å². The van der Waals surface area contributed by atoms with E-state index in [9.17, 15) is 4.79 Å². The van der Waals surface area contributed by atoms with Gasteiger partial charge in [-0.25, -0.2) is 4.98 Å². The zero-order valence-corrected chi connectivity index (χ0v) is 16.0. The van der Waals surface area contributed by atoms with Crippen molar-refractivity contribution in [2.24, 2.45) is 5.92 Å². The van der Waals surface area contributed by atoms with E-state index in [1.54, 1.807) is 18.2 Å². The summed E-state index contributed by atoms with van der Waals surface area (Å²) in [6.07, 6.45) is 1.36. The van der Waals surface area contributed by atoms with Gasteiger partial charge in [-0.2, -0.15) is 10.1 Å². The van der Waals surface area contributed by atoms with Gasteiger partial charge in [0.15, 0.2) is 5.82 Å². The van der Waals surface area contributed by atoms with Crippen molar-refractivity contribution in [3.8, 4) is 11.6 Å². The van der Waals surface area contributed by atoms with E-state index < -0.39 is 0 Å². The Bertz CT molecular complexity index is 911. The molecule has 11 heteroatoms. The molecule has 0 saturated carbocycles. The molecule has 0 aliphatic rings. The van der Waals surface area contributed by atoms with Crippen molar-refractivity contribution in [3.05, 3.63) is 40.5 Å². The van der Waals surface area contributed by atoms with Crippen LogP contribution in [0, 0.1) is 5.92 Å². The molecule has 1 unspecified atom stereocenters. The van der Waals surface area contributed by atoms with E-state index in [1.165, 1.54) is 6.33 Å². The van der Waals surface area contributed by atoms with Crippen molar-refractivity contribution in [2.45, 2.75) is 19.9 Å². The first-order valence-electron chi connectivity index (χ1n) is 8.11. The second kappa shape index (κ2) is 8.47. The van der Waals surface area contributed by atoms with Gasteiger partial charge in [0.2, 0.25) is 17.6 Å². The van der Waals surface area contributed by atoms with Gasteiger partial charge in [0.25, 0.3) is 0 Å². The first kappa shape index (κ1) is 19.3. The van der Waals surface area contributed by atoms with Crippen molar-refractivity contribution >= 4 is 34.8 Å². The summed E-state index contributed by atoms with van der Waals surface area (Å²) in [5, 5.41) is 17.0. The van der Waals surface area contributed by atoms with Gasteiger partial charge in [0.05, 0.1) is 23.3 Å². The van der Waals surface area contributed by atoms with E-state index >= 15 is 0 Å². The van der Waals surface area contributed by atoms with Gasteiger partial charge in [0.1, 0.15) is 6.33 Å². The summed E-state index contributed by atoms with van der Waals surface area (Å²) in [6, 6.07) is 4.54. The van der Waals surface area contributed by atoms with Crippen molar-refractivity contribution in [1.82, 2.24) is 30.6 Å². The van der Waals surface area contributed by atoms with Gasteiger partial charge < -0.3 is 9.84 Å². The Morgan fingerprint density at radius 3 is 2.81 bits per heavy atom. The Kier molecular flexibility index (Phi) is 6.04. The van der Waals surface area contributed by atoms with Gasteiger partial charge in [-0.05, 0) is 24.1 Å². The highest BCUT2D eigenvalue weighted by atomic mass is 35.5. The number of rotatable bonds is 7. The minimum absolute atomic E-state index is 0.0296. The third-order valence-electron chi connectivity index (χ3n) is 3.69. The van der Waals surface area contributed by atoms with Crippen LogP contribution in [0.4, 0.5) is 5.69 Å². The van der Waals surface area contributed by atoms with Crippen molar-refractivity contribution in [1.29, 1.82) is 0 Å². The lowest BCUT2D eigenvalue weighted by molar-refractivity contribution is -0.115. The fraction of sp³-hybridized carbons (Fsp3) is 0.312. The van der Waals surface area contributed by atoms with Crippen LogP contribution in [0.5, 0.6) is 0 Å². The lowest BCUT2D eigenvalue weighted by Gasteiger charge is -2.18. The largest absolute Gasteiger partial charge is 0.337 e. The Morgan fingerprint density at radius 2 is 2.15 bits per heavy atom. The minimum Gasteiger partial charge on any atom is -0.337 e. The predicted molar refractivity (Wildman–Crippen MR) is 100 cm³/mol. The Hall–Kier alpha value is -2.49. The van der Waals surface area contributed by atoms with E-state index in [2.05, 4.69) is 36.0 Å². The molecule has 0 saturated heterocycles. The molecule has 2 heterocycles. The fourth-order valence-corrected chi connectivity index (χ4v) is 2.82. The number of amides is 1. The standard InChI is InChI=1S/C16H17Cl2N7O2/c1-8(2)13(16-23-15(25-27-16)14-20-7-21-24-14)19-6-12(26)22-11-4-3-9(17)5-10(11)18/h3-5,7-8,13,19H,6H2,1-2H3,(H,22,26)(H,20,21,24). The third kappa shape index (κ3) is 4.82. The molecular formula is C16H17Cl2N7O2. The van der Waals surface area contributed by atoms with E-state index in [4.69, 9.17) is 27.7 Å². The summed E-state index contributed by atoms with van der Waals surface area (Å²) in [7, 11) is 0. The Morgan fingerprint density at radius 1 is 1.33 bits per heavy atom. The smallest absolute Gasteiger partial charge is 0.244 e. The zero-order chi connectivity index (χ0) is 19.4. The number of aromatic nitrogens is 5. The monoisotopic (exact) mass is 409 g/mol. The first-order valence-corrected chi connectivity index (χ1v) is 8.87. The van der Waals surface area contributed by atoms with Crippen LogP contribution in [0.1, 0.15) is 25.8 Å². The summed E-state index contributed by atoms with van der Waals surface area (Å²) in [5.41, 5.74) is 0.486. The molecule has 27 heavy (non-hydrogen) atoms. The normalized spacial score (nSPS) is 12.3. The summed E-state index contributed by atoms with van der Waals surface area (Å²) in [4.78, 5) is 20.5. The summed E-state index contributed by atoms with van der Waals surface area (Å²) in [5.74, 6) is 0.892. The lowest BCUT2D eigenvalue weighted by atomic mass is 10.0. The predicted octanol–water partition coefficient (Wildman–Crippen LogP) is 3.09. The fourth-order valence-electron chi connectivity index (χ4n) is 2.37. The molecule has 2 aromatic heterocycles. The van der Waals surface area contributed by atoms with Crippen LogP contribution in [0.3, 0.4) is 0 Å². The summed E-state index contributed by atoms with van der Waals surface area (Å²) < 4.78 is 5.32. The highest BCUT2D eigenvalue weighted by Gasteiger charge is 2.24. The molecule has 1 aromatic carbocycles. The summed E-state index contributed by atoms with van der Waals surface area (Å²) in [6.45, 7) is 3.98. The SMILES string of the molecule is CC(C)C(NCC(=O)Nc1ccc(Cl)cc1Cl)c1nc(-c2ncn[nH]2)no1. The highest BCUT2D eigenvalue weighted by Crippen LogP contribution is 2.25. The maximum Gasteiger partial charge on any atom is 0.244 e. The topological polar surface area (TPSA) is 122 Å². The molecule has 0 aliphatic heterocycles. The number of carbonyl (C=O) groups is 1. The quantitative estimate of drug-likeness (QED) is 0.547. The molecule has 0 bridgehead atoms. The Labute approximate surface area is 164 Å². The van der Waals surface area contributed by atoms with E-state index in [0.29, 0.717) is 33.3 Å². The molecule has 9 nitrogen and oxygen atoms in total. The average molecular weight is 410 g/mol. The molecule has 3 N–H and O–H groups in total. The molecule has 0 fully saturated rings. The van der Waals surface area contributed by atoms with Gasteiger partial charge in [0, 0.05) is 5.02 Å². The number of H-pyrrole nitrogens is 1. The Balaban J connectivity index is 1.64. The van der Waals surface area contributed by atoms with Crippen LogP contribution < -0.4 is 10.6 Å². The van der Waals surface area contributed by atoms with E-state index in [-0.39, 0.29) is 24.4 Å². The second-order valence-corrected chi connectivity index (χ2v) is 6.91. The number of hydrogen-bond donors (Lipinski definition) is 3. The molecule has 0 radical (unpaired) electrons. The lowest BCUT2D eigenvalue weighted by Crippen LogP contribution is -2.33. The average Bonchev–Trinajstić information content (AvgIpc) is 3.28. The molecule has 142 valence electrons. The van der Waals surface area contributed by atoms with Gasteiger partial charge >= 0.3 is 0 Å². The van der Waals surface area contributed by atoms with E-state index in [1.807, 2.05) is 13.8 Å². The molecule has 0 aliphatic carbocycles. The van der Waals surface area contributed by atoms with Gasteiger partial charge in [-0.15, -0.1) is 0 Å². The molecule has 1 atom stereocenters. The van der Waals surface area contributed by atoms with Crippen LogP contribution in [0.2, 0.25) is 10.0 Å². The van der Waals surface area contributed by atoms with Crippen LogP contribution >= 0.6 is 23.2 Å². The number of anilines is 1.